The summed E-state index contributed by atoms with van der Waals surface area (Å²) < 4.78 is 23.4. The molecule has 20 heavy (non-hydrogen) atoms. The number of hydrogen-bond donors (Lipinski definition) is 1. The molecular formula is C15H18N2O2S. The molecule has 0 saturated carbocycles. The van der Waals surface area contributed by atoms with Crippen molar-refractivity contribution in [1.82, 2.24) is 4.98 Å². The molecule has 0 aliphatic carbocycles. The Bertz CT molecular complexity index is 697. The van der Waals surface area contributed by atoms with Crippen molar-refractivity contribution in [2.24, 2.45) is 0 Å². The van der Waals surface area contributed by atoms with E-state index in [4.69, 9.17) is 0 Å². The van der Waals surface area contributed by atoms with Gasteiger partial charge in [-0.1, -0.05) is 31.2 Å². The second-order valence-electron chi connectivity index (χ2n) is 4.60. The van der Waals surface area contributed by atoms with Crippen molar-refractivity contribution in [1.29, 1.82) is 0 Å². The van der Waals surface area contributed by atoms with E-state index in [0.717, 1.165) is 12.0 Å². The van der Waals surface area contributed by atoms with Gasteiger partial charge in [0.05, 0.1) is 0 Å². The zero-order valence-electron chi connectivity index (χ0n) is 11.6. The smallest absolute Gasteiger partial charge is 0.179 e. The third-order valence-corrected chi connectivity index (χ3v) is 4.24. The Morgan fingerprint density at radius 1 is 1.10 bits per heavy atom. The van der Waals surface area contributed by atoms with Crippen molar-refractivity contribution >= 4 is 15.7 Å². The SMILES string of the molecule is CCc1ccccc1CNc1ncccc1S(C)(=O)=O. The number of nitrogens with zero attached hydrogens (tertiary/aromatic N) is 1. The lowest BCUT2D eigenvalue weighted by Crippen LogP contribution is -2.09. The van der Waals surface area contributed by atoms with Gasteiger partial charge in [0, 0.05) is 19.0 Å². The van der Waals surface area contributed by atoms with Crippen LogP contribution >= 0.6 is 0 Å². The van der Waals surface area contributed by atoms with E-state index in [1.54, 1.807) is 18.3 Å². The molecule has 1 aromatic carbocycles. The lowest BCUT2D eigenvalue weighted by molar-refractivity contribution is 0.601. The Balaban J connectivity index is 2.24. The van der Waals surface area contributed by atoms with Crippen molar-refractivity contribution in [2.45, 2.75) is 24.8 Å². The summed E-state index contributed by atoms with van der Waals surface area (Å²) in [6.45, 7) is 2.66. The van der Waals surface area contributed by atoms with Crippen LogP contribution in [0.4, 0.5) is 5.82 Å². The van der Waals surface area contributed by atoms with Crippen molar-refractivity contribution in [3.8, 4) is 0 Å². The molecule has 1 aromatic heterocycles. The van der Waals surface area contributed by atoms with Gasteiger partial charge in [-0.05, 0) is 29.7 Å². The molecule has 0 amide bonds. The quantitative estimate of drug-likeness (QED) is 0.919. The number of nitrogens with one attached hydrogen (secondary N) is 1. The van der Waals surface area contributed by atoms with Crippen molar-refractivity contribution < 1.29 is 8.42 Å². The van der Waals surface area contributed by atoms with Crippen LogP contribution in [0.2, 0.25) is 0 Å². The average molecular weight is 290 g/mol. The molecule has 0 saturated heterocycles. The minimum Gasteiger partial charge on any atom is -0.365 e. The van der Waals surface area contributed by atoms with Gasteiger partial charge in [0.15, 0.2) is 9.84 Å². The molecule has 1 heterocycles. The molecule has 2 rings (SSSR count). The summed E-state index contributed by atoms with van der Waals surface area (Å²) in [7, 11) is -3.28. The van der Waals surface area contributed by atoms with E-state index in [1.807, 2.05) is 18.2 Å². The van der Waals surface area contributed by atoms with E-state index in [9.17, 15) is 8.42 Å². The Labute approximate surface area is 119 Å². The number of rotatable bonds is 5. The summed E-state index contributed by atoms with van der Waals surface area (Å²) >= 11 is 0. The monoisotopic (exact) mass is 290 g/mol. The fourth-order valence-corrected chi connectivity index (χ4v) is 2.88. The molecule has 106 valence electrons. The summed E-state index contributed by atoms with van der Waals surface area (Å²) in [5.41, 5.74) is 2.40. The Kier molecular flexibility index (Phi) is 4.39. The first-order valence-electron chi connectivity index (χ1n) is 6.48. The van der Waals surface area contributed by atoms with Gasteiger partial charge in [0.25, 0.3) is 0 Å². The third kappa shape index (κ3) is 3.36. The number of anilines is 1. The fraction of sp³-hybridized carbons (Fsp3) is 0.267. The van der Waals surface area contributed by atoms with Crippen LogP contribution in [-0.4, -0.2) is 19.7 Å². The number of pyridine rings is 1. The predicted octanol–water partition coefficient (Wildman–Crippen LogP) is 2.66. The van der Waals surface area contributed by atoms with Gasteiger partial charge in [-0.25, -0.2) is 13.4 Å². The highest BCUT2D eigenvalue weighted by atomic mass is 32.2. The van der Waals surface area contributed by atoms with E-state index >= 15 is 0 Å². The molecule has 0 unspecified atom stereocenters. The third-order valence-electron chi connectivity index (χ3n) is 3.12. The van der Waals surface area contributed by atoms with Gasteiger partial charge in [-0.15, -0.1) is 0 Å². The summed E-state index contributed by atoms with van der Waals surface area (Å²) in [5.74, 6) is 0.404. The molecule has 0 atom stereocenters. The van der Waals surface area contributed by atoms with Crippen molar-refractivity contribution in [3.05, 3.63) is 53.7 Å². The molecule has 5 heteroatoms. The second kappa shape index (κ2) is 6.05. The van der Waals surface area contributed by atoms with Crippen LogP contribution in [0.5, 0.6) is 0 Å². The molecule has 2 aromatic rings. The molecule has 0 bridgehead atoms. The summed E-state index contributed by atoms with van der Waals surface area (Å²) in [4.78, 5) is 4.36. The fourth-order valence-electron chi connectivity index (χ4n) is 2.08. The molecule has 0 spiro atoms. The first-order valence-corrected chi connectivity index (χ1v) is 8.37. The van der Waals surface area contributed by atoms with E-state index < -0.39 is 9.84 Å². The van der Waals surface area contributed by atoms with Gasteiger partial charge in [0.1, 0.15) is 10.7 Å². The van der Waals surface area contributed by atoms with Crippen LogP contribution in [0.25, 0.3) is 0 Å². The highest BCUT2D eigenvalue weighted by molar-refractivity contribution is 7.90. The Morgan fingerprint density at radius 3 is 2.45 bits per heavy atom. The Hall–Kier alpha value is -1.88. The van der Waals surface area contributed by atoms with Crippen LogP contribution in [0.3, 0.4) is 0 Å². The number of aryl methyl sites for hydroxylation is 1. The van der Waals surface area contributed by atoms with Gasteiger partial charge in [-0.2, -0.15) is 0 Å². The van der Waals surface area contributed by atoms with Gasteiger partial charge in [-0.3, -0.25) is 0 Å². The molecular weight excluding hydrogens is 272 g/mol. The maximum absolute atomic E-state index is 11.7. The molecule has 0 aliphatic heterocycles. The van der Waals surface area contributed by atoms with E-state index in [2.05, 4.69) is 23.3 Å². The van der Waals surface area contributed by atoms with E-state index in [0.29, 0.717) is 12.4 Å². The van der Waals surface area contributed by atoms with Gasteiger partial charge in [0.2, 0.25) is 0 Å². The Morgan fingerprint density at radius 2 is 1.80 bits per heavy atom. The number of sulfone groups is 1. The van der Waals surface area contributed by atoms with Gasteiger partial charge >= 0.3 is 0 Å². The van der Waals surface area contributed by atoms with Crippen molar-refractivity contribution in [3.63, 3.8) is 0 Å². The topological polar surface area (TPSA) is 59.1 Å². The maximum Gasteiger partial charge on any atom is 0.179 e. The summed E-state index contributed by atoms with van der Waals surface area (Å²) in [5, 5.41) is 3.12. The first-order chi connectivity index (χ1) is 9.52. The zero-order valence-corrected chi connectivity index (χ0v) is 12.4. The highest BCUT2D eigenvalue weighted by Crippen LogP contribution is 2.19. The molecule has 1 N–H and O–H groups in total. The second-order valence-corrected chi connectivity index (χ2v) is 6.58. The average Bonchev–Trinajstić information content (AvgIpc) is 2.44. The van der Waals surface area contributed by atoms with E-state index in [1.165, 1.54) is 11.8 Å². The minimum absolute atomic E-state index is 0.231. The lowest BCUT2D eigenvalue weighted by atomic mass is 10.1. The number of aromatic nitrogens is 1. The normalized spacial score (nSPS) is 11.3. The zero-order chi connectivity index (χ0) is 14.6. The lowest BCUT2D eigenvalue weighted by Gasteiger charge is -2.12. The molecule has 0 fully saturated rings. The highest BCUT2D eigenvalue weighted by Gasteiger charge is 2.13. The predicted molar refractivity (Wildman–Crippen MR) is 80.5 cm³/mol. The van der Waals surface area contributed by atoms with Gasteiger partial charge < -0.3 is 5.32 Å². The number of benzene rings is 1. The number of hydrogen-bond acceptors (Lipinski definition) is 4. The van der Waals surface area contributed by atoms with Crippen LogP contribution in [0.1, 0.15) is 18.1 Å². The maximum atomic E-state index is 11.7. The largest absolute Gasteiger partial charge is 0.365 e. The molecule has 0 aliphatic rings. The first kappa shape index (κ1) is 14.5. The summed E-state index contributed by atoms with van der Waals surface area (Å²) in [6, 6.07) is 11.3. The van der Waals surface area contributed by atoms with Crippen molar-refractivity contribution in [2.75, 3.05) is 11.6 Å². The molecule has 4 nitrogen and oxygen atoms in total. The van der Waals surface area contributed by atoms with Crippen LogP contribution in [0, 0.1) is 0 Å². The minimum atomic E-state index is -3.28. The van der Waals surface area contributed by atoms with Crippen LogP contribution in [-0.2, 0) is 22.8 Å². The van der Waals surface area contributed by atoms with Crippen LogP contribution < -0.4 is 5.32 Å². The molecule has 0 radical (unpaired) electrons. The summed E-state index contributed by atoms with van der Waals surface area (Å²) in [6.07, 6.45) is 3.72. The standard InChI is InChI=1S/C15H18N2O2S/c1-3-12-7-4-5-8-13(12)11-17-15-14(20(2,18)19)9-6-10-16-15/h4-10H,3,11H2,1-2H3,(H,16,17). The van der Waals surface area contributed by atoms with E-state index in [-0.39, 0.29) is 4.90 Å². The van der Waals surface area contributed by atoms with Crippen LogP contribution in [0.15, 0.2) is 47.5 Å².